The number of allylic oxidation sites excluding steroid dienone is 1. The third-order valence-electron chi connectivity index (χ3n) is 4.05. The highest BCUT2D eigenvalue weighted by Crippen LogP contribution is 2.33. The molecule has 2 aliphatic heterocycles. The van der Waals surface area contributed by atoms with Gasteiger partial charge < -0.3 is 14.2 Å². The van der Waals surface area contributed by atoms with Crippen LogP contribution in [-0.4, -0.2) is 30.0 Å². The van der Waals surface area contributed by atoms with Crippen LogP contribution >= 0.6 is 0 Å². The highest BCUT2D eigenvalue weighted by Gasteiger charge is 2.43. The highest BCUT2D eigenvalue weighted by atomic mass is 16.6. The minimum absolute atomic E-state index is 0.194. The molecule has 0 N–H and O–H groups in total. The van der Waals surface area contributed by atoms with Gasteiger partial charge in [-0.2, -0.15) is 0 Å². The third kappa shape index (κ3) is 2.12. The lowest BCUT2D eigenvalue weighted by Crippen LogP contribution is -2.20. The van der Waals surface area contributed by atoms with Gasteiger partial charge in [0.25, 0.3) is 0 Å². The van der Waals surface area contributed by atoms with Crippen molar-refractivity contribution in [1.82, 2.24) is 0 Å². The molecule has 3 unspecified atom stereocenters. The van der Waals surface area contributed by atoms with E-state index in [0.717, 1.165) is 0 Å². The molecule has 2 fully saturated rings. The molecule has 0 saturated carbocycles. The van der Waals surface area contributed by atoms with E-state index >= 15 is 0 Å². The lowest BCUT2D eigenvalue weighted by molar-refractivity contribution is -0.154. The topological polar surface area (TPSA) is 96.0 Å². The Morgan fingerprint density at radius 3 is 2.48 bits per heavy atom. The normalized spacial score (nSPS) is 31.7. The molecule has 116 valence electrons. The standard InChI is InChI=1S/C16H10O7/c17-13-9-3-1-7(5-11(9)15(19)22-13)21-8-2-4-10-12(6-8)16(20)23-14(10)18/h1,3-6,8-9,11H,2H2. The van der Waals surface area contributed by atoms with Gasteiger partial charge in [-0.15, -0.1) is 0 Å². The molecule has 0 aromatic heterocycles. The molecular formula is C16H10O7. The van der Waals surface area contributed by atoms with Crippen molar-refractivity contribution in [3.8, 4) is 0 Å². The number of fused-ring (bicyclic) bond motifs is 2. The number of carbonyl (C=O) groups is 4. The van der Waals surface area contributed by atoms with Gasteiger partial charge in [0, 0.05) is 6.42 Å². The highest BCUT2D eigenvalue weighted by molar-refractivity contribution is 6.18. The molecule has 2 aliphatic carbocycles. The van der Waals surface area contributed by atoms with Crippen molar-refractivity contribution in [3.63, 3.8) is 0 Å². The van der Waals surface area contributed by atoms with Crippen molar-refractivity contribution in [2.75, 3.05) is 0 Å². The molecule has 23 heavy (non-hydrogen) atoms. The number of rotatable bonds is 2. The maximum Gasteiger partial charge on any atom is 0.346 e. The van der Waals surface area contributed by atoms with Gasteiger partial charge in [-0.05, 0) is 18.2 Å². The van der Waals surface area contributed by atoms with Crippen molar-refractivity contribution >= 4 is 23.9 Å². The zero-order valence-corrected chi connectivity index (χ0v) is 11.7. The smallest absolute Gasteiger partial charge is 0.346 e. The van der Waals surface area contributed by atoms with Gasteiger partial charge in [0.1, 0.15) is 11.9 Å². The average Bonchev–Trinajstić information content (AvgIpc) is 2.96. The summed E-state index contributed by atoms with van der Waals surface area (Å²) in [6, 6.07) is 0. The minimum Gasteiger partial charge on any atom is -0.486 e. The Morgan fingerprint density at radius 1 is 0.913 bits per heavy atom. The first kappa shape index (κ1) is 13.7. The maximum atomic E-state index is 11.6. The Balaban J connectivity index is 1.52. The molecule has 0 spiro atoms. The van der Waals surface area contributed by atoms with Gasteiger partial charge >= 0.3 is 23.9 Å². The van der Waals surface area contributed by atoms with Crippen molar-refractivity contribution in [3.05, 3.63) is 47.3 Å². The first-order chi connectivity index (χ1) is 11.0. The fraction of sp³-hybridized carbons (Fsp3) is 0.250. The number of hydrogen-bond acceptors (Lipinski definition) is 7. The van der Waals surface area contributed by atoms with Crippen LogP contribution in [0.2, 0.25) is 0 Å². The van der Waals surface area contributed by atoms with E-state index in [1.807, 2.05) is 0 Å². The molecule has 3 atom stereocenters. The predicted molar refractivity (Wildman–Crippen MR) is 72.1 cm³/mol. The van der Waals surface area contributed by atoms with Gasteiger partial charge in [0.05, 0.1) is 23.0 Å². The second-order valence-corrected chi connectivity index (χ2v) is 5.49. The summed E-state index contributed by atoms with van der Waals surface area (Å²) in [7, 11) is 0. The molecule has 4 aliphatic rings. The van der Waals surface area contributed by atoms with Gasteiger partial charge in [0.2, 0.25) is 0 Å². The first-order valence-electron chi connectivity index (χ1n) is 7.04. The Kier molecular flexibility index (Phi) is 2.84. The predicted octanol–water partition coefficient (Wildman–Crippen LogP) is 0.481. The number of esters is 4. The minimum atomic E-state index is -0.687. The van der Waals surface area contributed by atoms with Crippen LogP contribution in [0, 0.1) is 11.8 Å². The molecule has 0 radical (unpaired) electrons. The Bertz CT molecular complexity index is 780. The molecular weight excluding hydrogens is 304 g/mol. The summed E-state index contributed by atoms with van der Waals surface area (Å²) in [6.45, 7) is 0. The van der Waals surface area contributed by atoms with E-state index in [1.54, 1.807) is 18.2 Å². The van der Waals surface area contributed by atoms with Crippen molar-refractivity contribution in [1.29, 1.82) is 0 Å². The Morgan fingerprint density at radius 2 is 1.65 bits per heavy atom. The van der Waals surface area contributed by atoms with Crippen molar-refractivity contribution < 1.29 is 33.4 Å². The molecule has 2 saturated heterocycles. The summed E-state index contributed by atoms with van der Waals surface area (Å²) in [5, 5.41) is 0. The van der Waals surface area contributed by atoms with Gasteiger partial charge in [-0.3, -0.25) is 9.59 Å². The summed E-state index contributed by atoms with van der Waals surface area (Å²) in [5.41, 5.74) is 0.452. The van der Waals surface area contributed by atoms with E-state index in [9.17, 15) is 19.2 Å². The number of hydrogen-bond donors (Lipinski definition) is 0. The second-order valence-electron chi connectivity index (χ2n) is 5.49. The molecule has 0 amide bonds. The maximum absolute atomic E-state index is 11.6. The molecule has 7 nitrogen and oxygen atoms in total. The Labute approximate surface area is 129 Å². The summed E-state index contributed by atoms with van der Waals surface area (Å²) in [6.07, 6.45) is 7.75. The van der Waals surface area contributed by atoms with Gasteiger partial charge in [-0.1, -0.05) is 12.2 Å². The summed E-state index contributed by atoms with van der Waals surface area (Å²) in [5.74, 6) is -3.37. The van der Waals surface area contributed by atoms with Crippen molar-refractivity contribution in [2.24, 2.45) is 11.8 Å². The lowest BCUT2D eigenvalue weighted by Gasteiger charge is -2.21. The second kappa shape index (κ2) is 4.77. The molecule has 2 heterocycles. The van der Waals surface area contributed by atoms with E-state index < -0.39 is 41.8 Å². The molecule has 7 heteroatoms. The molecule has 0 aromatic carbocycles. The summed E-state index contributed by atoms with van der Waals surface area (Å²) < 4.78 is 14.8. The lowest BCUT2D eigenvalue weighted by atomic mass is 9.90. The van der Waals surface area contributed by atoms with Crippen LogP contribution in [0.1, 0.15) is 6.42 Å². The van der Waals surface area contributed by atoms with Crippen LogP contribution in [0.25, 0.3) is 0 Å². The van der Waals surface area contributed by atoms with Gasteiger partial charge in [0.15, 0.2) is 0 Å². The van der Waals surface area contributed by atoms with Crippen LogP contribution < -0.4 is 0 Å². The van der Waals surface area contributed by atoms with Crippen LogP contribution in [0.3, 0.4) is 0 Å². The summed E-state index contributed by atoms with van der Waals surface area (Å²) >= 11 is 0. The average molecular weight is 314 g/mol. The summed E-state index contributed by atoms with van der Waals surface area (Å²) in [4.78, 5) is 46.0. The fourth-order valence-electron chi connectivity index (χ4n) is 2.92. The van der Waals surface area contributed by atoms with E-state index in [-0.39, 0.29) is 11.1 Å². The van der Waals surface area contributed by atoms with Crippen LogP contribution in [0.4, 0.5) is 0 Å². The molecule has 4 rings (SSSR count). The largest absolute Gasteiger partial charge is 0.486 e. The van der Waals surface area contributed by atoms with Crippen LogP contribution in [0.15, 0.2) is 47.3 Å². The number of ether oxygens (including phenoxy) is 3. The Hall–Kier alpha value is -2.96. The quantitative estimate of drug-likeness (QED) is 0.540. The molecule has 0 aromatic rings. The third-order valence-corrected chi connectivity index (χ3v) is 4.05. The SMILES string of the molecule is O=C1OC(=O)C2=CC(OC3=CC4C(=O)OC(=O)C4C=C3)CC=C12. The fourth-order valence-corrected chi connectivity index (χ4v) is 2.92. The van der Waals surface area contributed by atoms with Gasteiger partial charge in [-0.25, -0.2) is 9.59 Å². The van der Waals surface area contributed by atoms with E-state index in [2.05, 4.69) is 9.47 Å². The van der Waals surface area contributed by atoms with E-state index in [0.29, 0.717) is 12.2 Å². The first-order valence-corrected chi connectivity index (χ1v) is 7.04. The molecule has 0 bridgehead atoms. The van der Waals surface area contributed by atoms with E-state index in [4.69, 9.17) is 4.74 Å². The van der Waals surface area contributed by atoms with Crippen LogP contribution in [0.5, 0.6) is 0 Å². The monoisotopic (exact) mass is 314 g/mol. The zero-order valence-electron chi connectivity index (χ0n) is 11.7. The van der Waals surface area contributed by atoms with E-state index in [1.165, 1.54) is 12.2 Å². The van der Waals surface area contributed by atoms with Crippen LogP contribution in [-0.2, 0) is 33.4 Å². The van der Waals surface area contributed by atoms with Crippen molar-refractivity contribution in [2.45, 2.75) is 12.5 Å². The number of carbonyl (C=O) groups excluding carboxylic acids is 4. The number of cyclic esters (lactones) is 4. The zero-order chi connectivity index (χ0) is 16.1.